The van der Waals surface area contributed by atoms with Gasteiger partial charge in [0.05, 0.1) is 0 Å². The molecule has 0 rings (SSSR count). The fraction of sp³-hybridized carbons (Fsp3) is 0. The van der Waals surface area contributed by atoms with E-state index < -0.39 is 9.29 Å². The first-order chi connectivity index (χ1) is 1.41. The van der Waals surface area contributed by atoms with Gasteiger partial charge in [0.1, 0.15) is 0 Å². The molecule has 0 aliphatic carbocycles. The van der Waals surface area contributed by atoms with Crippen molar-refractivity contribution in [2.75, 3.05) is 0 Å². The minimum Gasteiger partial charge on any atom is -2.00 e. The number of hydrogen-bond acceptors (Lipinski definition) is 2. The van der Waals surface area contributed by atoms with Crippen LogP contribution in [-0.2, 0) is 64.3 Å². The zero-order valence-corrected chi connectivity index (χ0v) is 9.00. The maximum Gasteiger partial charge on any atom is 2.00 e. The van der Waals surface area contributed by atoms with Crippen molar-refractivity contribution >= 4 is 22.8 Å². The zero-order chi connectivity index (χ0) is 2.71. The van der Waals surface area contributed by atoms with Crippen LogP contribution in [-0.4, -0.2) is 9.29 Å². The molecule has 0 fully saturated rings. The van der Waals surface area contributed by atoms with Crippen LogP contribution in [0.4, 0.5) is 0 Å². The van der Waals surface area contributed by atoms with E-state index in [1.165, 1.54) is 0 Å². The predicted molar refractivity (Wildman–Crippen MR) is 14.5 cm³/mol. The van der Waals surface area contributed by atoms with Crippen LogP contribution in [0.15, 0.2) is 0 Å². The van der Waals surface area contributed by atoms with Gasteiger partial charge < -0.3 is 13.5 Å². The molecule has 0 bridgehead atoms. The van der Waals surface area contributed by atoms with Crippen LogP contribution < -0.4 is 0 Å². The van der Waals surface area contributed by atoms with E-state index in [2.05, 4.69) is 0 Å². The van der Waals surface area contributed by atoms with Gasteiger partial charge in [0.15, 0.2) is 0 Å². The van der Waals surface area contributed by atoms with Gasteiger partial charge >= 0.3 is 51.2 Å². The number of hydrogen-bond donors (Lipinski definition) is 0. The molecule has 0 aliphatic heterocycles. The van der Waals surface area contributed by atoms with Gasteiger partial charge in [-0.3, -0.25) is 8.92 Å². The Morgan fingerprint density at radius 2 is 1.17 bits per heavy atom. The summed E-state index contributed by atoms with van der Waals surface area (Å²) in [6.07, 6.45) is 0. The van der Waals surface area contributed by atoms with Crippen molar-refractivity contribution in [1.82, 2.24) is 0 Å². The first-order valence-electron chi connectivity index (χ1n) is 0.408. The van der Waals surface area contributed by atoms with Crippen molar-refractivity contribution in [1.29, 1.82) is 0 Å². The van der Waals surface area contributed by atoms with Crippen LogP contribution in [0, 0.1) is 0 Å². The molecule has 0 N–H and O–H groups in total. The van der Waals surface area contributed by atoms with E-state index in [9.17, 15) is 0 Å². The maximum absolute atomic E-state index is 8.40. The normalized spacial score (nSPS) is 1.33. The summed E-state index contributed by atoms with van der Waals surface area (Å²) in [6.45, 7) is 0. The second kappa shape index (κ2) is 31.2. The third-order valence-corrected chi connectivity index (χ3v) is 0. The Balaban J connectivity index is -0.00000000667. The molecule has 34 valence electrons. The molecular formula is AgO2SSiZn+. The van der Waals surface area contributed by atoms with Crippen molar-refractivity contribution < 1.29 is 50.8 Å². The molecule has 0 aliphatic rings. The molecule has 0 aromatic rings. The molecule has 0 heterocycles. The molecule has 0 aromatic heterocycles. The molecule has 0 atom stereocenters. The van der Waals surface area contributed by atoms with E-state index in [4.69, 9.17) is 8.92 Å². The minimum atomic E-state index is -1.42. The molecular weight excluding hydrogens is 265 g/mol. The summed E-state index contributed by atoms with van der Waals surface area (Å²) in [5.74, 6) is 0. The van der Waals surface area contributed by atoms with E-state index >= 15 is 0 Å². The molecule has 0 aromatic carbocycles. The Kier molecular flexibility index (Phi) is 134. The Hall–Kier alpha value is 1.53. The maximum atomic E-state index is 8.40. The monoisotopic (exact) mass is 263 g/mol. The third-order valence-electron chi connectivity index (χ3n) is 0. The fourth-order valence-corrected chi connectivity index (χ4v) is 0. The van der Waals surface area contributed by atoms with Crippen molar-refractivity contribution in [3.63, 3.8) is 0 Å². The van der Waals surface area contributed by atoms with Gasteiger partial charge in [-0.05, 0) is 0 Å². The molecule has 0 unspecified atom stereocenters. The van der Waals surface area contributed by atoms with Gasteiger partial charge in [-0.15, -0.1) is 0 Å². The predicted octanol–water partition coefficient (Wildman–Crippen LogP) is -0.626. The summed E-state index contributed by atoms with van der Waals surface area (Å²) in [4.78, 5) is 0. The minimum absolute atomic E-state index is 0. The zero-order valence-electron chi connectivity index (χ0n) is 2.73. The van der Waals surface area contributed by atoms with Crippen molar-refractivity contribution in [2.24, 2.45) is 0 Å². The molecule has 2 nitrogen and oxygen atoms in total. The molecule has 0 saturated carbocycles. The SMILES string of the molecule is O=[Si]=O.[Ag+].[S-2].[Zn+2]. The average Bonchev–Trinajstić information content (AvgIpc) is 0.918. The quantitative estimate of drug-likeness (QED) is 0.547. The summed E-state index contributed by atoms with van der Waals surface area (Å²) >= 11 is 0. The Labute approximate surface area is 73.1 Å². The van der Waals surface area contributed by atoms with E-state index in [0.717, 1.165) is 0 Å². The van der Waals surface area contributed by atoms with Crippen LogP contribution in [0.2, 0.25) is 0 Å². The Morgan fingerprint density at radius 3 is 1.17 bits per heavy atom. The fourth-order valence-electron chi connectivity index (χ4n) is 0. The van der Waals surface area contributed by atoms with Gasteiger partial charge in [0, 0.05) is 0 Å². The van der Waals surface area contributed by atoms with E-state index in [-0.39, 0.29) is 55.4 Å². The molecule has 6 heavy (non-hydrogen) atoms. The van der Waals surface area contributed by atoms with Gasteiger partial charge in [-0.1, -0.05) is 0 Å². The Bertz CT molecular complexity index is 34.5. The molecule has 0 saturated heterocycles. The molecule has 6 heteroatoms. The summed E-state index contributed by atoms with van der Waals surface area (Å²) < 4.78 is 16.8. The largest absolute Gasteiger partial charge is 2.00 e. The summed E-state index contributed by atoms with van der Waals surface area (Å²) in [5, 5.41) is 0. The topological polar surface area (TPSA) is 34.1 Å². The molecule has 0 radical (unpaired) electrons. The molecule has 0 spiro atoms. The van der Waals surface area contributed by atoms with Crippen molar-refractivity contribution in [3.8, 4) is 0 Å². The number of rotatable bonds is 0. The van der Waals surface area contributed by atoms with Crippen molar-refractivity contribution in [3.05, 3.63) is 0 Å². The second-order valence-corrected chi connectivity index (χ2v) is 0.250. The van der Waals surface area contributed by atoms with Gasteiger partial charge in [-0.25, -0.2) is 0 Å². The second-order valence-electron chi connectivity index (χ2n) is 0.0833. The molecule has 0 amide bonds. The summed E-state index contributed by atoms with van der Waals surface area (Å²) in [7, 11) is -1.42. The first-order valence-corrected chi connectivity index (χ1v) is 1.22. The van der Waals surface area contributed by atoms with E-state index in [1.54, 1.807) is 0 Å². The van der Waals surface area contributed by atoms with Crippen LogP contribution in [0.25, 0.3) is 0 Å². The van der Waals surface area contributed by atoms with E-state index in [0.29, 0.717) is 0 Å². The summed E-state index contributed by atoms with van der Waals surface area (Å²) in [6, 6.07) is 0. The van der Waals surface area contributed by atoms with Gasteiger partial charge in [0.2, 0.25) is 0 Å². The Morgan fingerprint density at radius 1 is 1.17 bits per heavy atom. The third kappa shape index (κ3) is 48.5. The standard InChI is InChI=1S/Ag.O2Si.S.Zn/c;1-3-2;;/q+1;;-2;+2. The van der Waals surface area contributed by atoms with Crippen LogP contribution >= 0.6 is 0 Å². The first kappa shape index (κ1) is 25.8. The van der Waals surface area contributed by atoms with Crippen LogP contribution in [0.3, 0.4) is 0 Å². The van der Waals surface area contributed by atoms with Crippen LogP contribution in [0.5, 0.6) is 0 Å². The average molecular weight is 265 g/mol. The smallest absolute Gasteiger partial charge is 2.00 e. The van der Waals surface area contributed by atoms with E-state index in [1.807, 2.05) is 0 Å². The van der Waals surface area contributed by atoms with Gasteiger partial charge in [-0.2, -0.15) is 0 Å². The summed E-state index contributed by atoms with van der Waals surface area (Å²) in [5.41, 5.74) is 0. The van der Waals surface area contributed by atoms with Gasteiger partial charge in [0.25, 0.3) is 0 Å². The van der Waals surface area contributed by atoms with Crippen molar-refractivity contribution in [2.45, 2.75) is 0 Å². The van der Waals surface area contributed by atoms with Crippen LogP contribution in [0.1, 0.15) is 0 Å².